The normalized spacial score (nSPS) is 16.1. The molecule has 0 unspecified atom stereocenters. The van der Waals surface area contributed by atoms with Gasteiger partial charge in [-0.3, -0.25) is 4.79 Å². The van der Waals surface area contributed by atoms with E-state index in [9.17, 15) is 4.79 Å². The second-order valence-electron chi connectivity index (χ2n) is 7.29. The lowest BCUT2D eigenvalue weighted by Gasteiger charge is -2.11. The molecule has 1 fully saturated rings. The predicted molar refractivity (Wildman–Crippen MR) is 128 cm³/mol. The molecule has 0 aliphatic carbocycles. The number of aromatic nitrogens is 4. The molecule has 8 nitrogen and oxygen atoms in total. The van der Waals surface area contributed by atoms with Crippen LogP contribution in [0, 0.1) is 0 Å². The second-order valence-corrected chi connectivity index (χ2v) is 8.32. The Morgan fingerprint density at radius 3 is 2.59 bits per heavy atom. The van der Waals surface area contributed by atoms with Crippen LogP contribution in [0.15, 0.2) is 77.0 Å². The first-order valence-electron chi connectivity index (χ1n) is 9.89. The molecular weight excluding hydrogens is 422 g/mol. The molecule has 3 heterocycles. The minimum absolute atomic E-state index is 0.185. The molecule has 5 rings (SSSR count). The number of hydrogen-bond donors (Lipinski definition) is 1. The number of hydrogen-bond acceptors (Lipinski definition) is 7. The van der Waals surface area contributed by atoms with Crippen molar-refractivity contribution in [3.05, 3.63) is 77.6 Å². The minimum Gasteiger partial charge on any atom is -0.378 e. The van der Waals surface area contributed by atoms with Crippen LogP contribution in [-0.4, -0.2) is 44.9 Å². The third-order valence-electron chi connectivity index (χ3n) is 4.91. The first-order valence-corrected chi connectivity index (χ1v) is 10.7. The molecule has 0 bridgehead atoms. The topological polar surface area (TPSA) is 88.3 Å². The number of nitrogens with zero attached hydrogens (tertiary/aromatic N) is 6. The van der Waals surface area contributed by atoms with Crippen molar-refractivity contribution in [2.45, 2.75) is 0 Å². The maximum absolute atomic E-state index is 12.5. The maximum atomic E-state index is 12.5. The average Bonchev–Trinajstić information content (AvgIpc) is 3.39. The van der Waals surface area contributed by atoms with Crippen LogP contribution in [-0.2, 0) is 4.79 Å². The van der Waals surface area contributed by atoms with Gasteiger partial charge in [-0.2, -0.15) is 5.10 Å². The molecule has 0 atom stereocenters. The van der Waals surface area contributed by atoms with Crippen molar-refractivity contribution < 1.29 is 4.79 Å². The van der Waals surface area contributed by atoms with Gasteiger partial charge in [0.2, 0.25) is 0 Å². The zero-order chi connectivity index (χ0) is 22.1. The van der Waals surface area contributed by atoms with E-state index in [-0.39, 0.29) is 5.91 Å². The number of anilines is 1. The summed E-state index contributed by atoms with van der Waals surface area (Å²) in [6, 6.07) is 17.7. The minimum atomic E-state index is -0.185. The van der Waals surface area contributed by atoms with Gasteiger partial charge in [-0.05, 0) is 47.7 Å². The number of rotatable bonds is 4. The summed E-state index contributed by atoms with van der Waals surface area (Å²) >= 11 is 1.28. The van der Waals surface area contributed by atoms with Crippen molar-refractivity contribution in [3.63, 3.8) is 0 Å². The van der Waals surface area contributed by atoms with Crippen LogP contribution < -0.4 is 10.2 Å². The van der Waals surface area contributed by atoms with Crippen molar-refractivity contribution in [3.8, 4) is 5.69 Å². The number of aliphatic imine (C=N–C) groups is 1. The molecular formula is C23H19N7OS. The fourth-order valence-electron chi connectivity index (χ4n) is 3.28. The Labute approximate surface area is 188 Å². The third kappa shape index (κ3) is 3.85. The predicted octanol–water partition coefficient (Wildman–Crippen LogP) is 3.77. The van der Waals surface area contributed by atoms with Crippen molar-refractivity contribution in [2.24, 2.45) is 4.99 Å². The molecule has 2 aromatic heterocycles. The Morgan fingerprint density at radius 1 is 1.06 bits per heavy atom. The van der Waals surface area contributed by atoms with Gasteiger partial charge in [0.25, 0.3) is 5.91 Å². The largest absolute Gasteiger partial charge is 0.378 e. The first kappa shape index (κ1) is 20.0. The maximum Gasteiger partial charge on any atom is 0.264 e. The summed E-state index contributed by atoms with van der Waals surface area (Å²) in [6.07, 6.45) is 4.99. The monoisotopic (exact) mass is 441 g/mol. The highest BCUT2D eigenvalue weighted by Gasteiger charge is 2.24. The van der Waals surface area contributed by atoms with Gasteiger partial charge in [-0.25, -0.2) is 19.6 Å². The summed E-state index contributed by atoms with van der Waals surface area (Å²) < 4.78 is 1.74. The van der Waals surface area contributed by atoms with E-state index >= 15 is 0 Å². The van der Waals surface area contributed by atoms with Crippen LogP contribution in [0.1, 0.15) is 5.56 Å². The average molecular weight is 442 g/mol. The zero-order valence-corrected chi connectivity index (χ0v) is 18.2. The molecule has 9 heteroatoms. The molecule has 1 aliphatic heterocycles. The van der Waals surface area contributed by atoms with E-state index in [1.165, 1.54) is 18.1 Å². The molecule has 158 valence electrons. The van der Waals surface area contributed by atoms with Crippen LogP contribution in [0.25, 0.3) is 22.8 Å². The van der Waals surface area contributed by atoms with Crippen molar-refractivity contribution in [2.75, 3.05) is 19.0 Å². The quantitative estimate of drug-likeness (QED) is 0.485. The third-order valence-corrected chi connectivity index (χ3v) is 5.82. The molecule has 1 saturated heterocycles. The summed E-state index contributed by atoms with van der Waals surface area (Å²) in [5.41, 5.74) is 3.59. The molecule has 0 spiro atoms. The Kier molecular flexibility index (Phi) is 5.16. The highest BCUT2D eigenvalue weighted by molar-refractivity contribution is 8.18. The standard InChI is InChI=1S/C23H19N7OS/c1-29(2)16-10-8-15(9-11-16)12-19-22(31)28-23(32-19)27-20-18-13-26-30(21(18)25-14-24-20)17-6-4-3-5-7-17/h3-14H,1-2H3,(H,24,25,27,28,31)/b19-12-. The summed E-state index contributed by atoms with van der Waals surface area (Å²) in [6.45, 7) is 0. The molecule has 1 N–H and O–H groups in total. The lowest BCUT2D eigenvalue weighted by molar-refractivity contribution is -0.115. The summed E-state index contributed by atoms with van der Waals surface area (Å²) in [5, 5.41) is 8.43. The Bertz CT molecular complexity index is 1360. The zero-order valence-electron chi connectivity index (χ0n) is 17.4. The summed E-state index contributed by atoms with van der Waals surface area (Å²) in [5.74, 6) is 0.271. The van der Waals surface area contributed by atoms with Gasteiger partial charge in [-0.15, -0.1) is 0 Å². The summed E-state index contributed by atoms with van der Waals surface area (Å²) in [7, 11) is 3.98. The van der Waals surface area contributed by atoms with Gasteiger partial charge >= 0.3 is 0 Å². The smallest absolute Gasteiger partial charge is 0.264 e. The van der Waals surface area contributed by atoms with E-state index in [0.29, 0.717) is 26.9 Å². The molecule has 0 radical (unpaired) electrons. The van der Waals surface area contributed by atoms with E-state index < -0.39 is 0 Å². The Balaban J connectivity index is 1.43. The van der Waals surface area contributed by atoms with E-state index in [0.717, 1.165) is 16.9 Å². The second kappa shape index (κ2) is 8.27. The Hall–Kier alpha value is -3.98. The van der Waals surface area contributed by atoms with E-state index in [1.807, 2.05) is 79.7 Å². The fraction of sp³-hybridized carbons (Fsp3) is 0.0870. The molecule has 2 aromatic carbocycles. The Morgan fingerprint density at radius 2 is 1.84 bits per heavy atom. The van der Waals surface area contributed by atoms with Crippen LogP contribution in [0.5, 0.6) is 0 Å². The van der Waals surface area contributed by atoms with Crippen LogP contribution in [0.3, 0.4) is 0 Å². The number of amides is 1. The van der Waals surface area contributed by atoms with Gasteiger partial charge in [0.1, 0.15) is 6.33 Å². The number of benzene rings is 2. The number of carbonyl (C=O) groups excluding carboxylic acids is 1. The van der Waals surface area contributed by atoms with Gasteiger partial charge in [0, 0.05) is 19.8 Å². The van der Waals surface area contributed by atoms with Crippen LogP contribution in [0.4, 0.5) is 11.5 Å². The van der Waals surface area contributed by atoms with Crippen molar-refractivity contribution in [1.82, 2.24) is 25.1 Å². The molecule has 4 aromatic rings. The lowest BCUT2D eigenvalue weighted by Crippen LogP contribution is -2.19. The highest BCUT2D eigenvalue weighted by Crippen LogP contribution is 2.30. The number of nitrogens with one attached hydrogen (secondary N) is 1. The van der Waals surface area contributed by atoms with E-state index in [4.69, 9.17) is 0 Å². The number of amidine groups is 1. The van der Waals surface area contributed by atoms with Crippen LogP contribution in [0.2, 0.25) is 0 Å². The number of fused-ring (bicyclic) bond motifs is 1. The fourth-order valence-corrected chi connectivity index (χ4v) is 4.10. The summed E-state index contributed by atoms with van der Waals surface area (Å²) in [4.78, 5) is 28.3. The van der Waals surface area contributed by atoms with Crippen molar-refractivity contribution in [1.29, 1.82) is 0 Å². The van der Waals surface area contributed by atoms with E-state index in [1.54, 1.807) is 10.9 Å². The molecule has 1 aliphatic rings. The number of carbonyl (C=O) groups is 1. The van der Waals surface area contributed by atoms with Gasteiger partial charge in [0.05, 0.1) is 22.2 Å². The first-order chi connectivity index (χ1) is 15.6. The van der Waals surface area contributed by atoms with Crippen LogP contribution >= 0.6 is 11.8 Å². The molecule has 32 heavy (non-hydrogen) atoms. The van der Waals surface area contributed by atoms with Gasteiger partial charge in [0.15, 0.2) is 16.6 Å². The van der Waals surface area contributed by atoms with E-state index in [2.05, 4.69) is 25.4 Å². The molecule has 0 saturated carbocycles. The number of thioether (sulfide) groups is 1. The van der Waals surface area contributed by atoms with Gasteiger partial charge < -0.3 is 10.2 Å². The lowest BCUT2D eigenvalue weighted by atomic mass is 10.2. The number of para-hydroxylation sites is 1. The molecule has 1 amide bonds. The highest BCUT2D eigenvalue weighted by atomic mass is 32.2. The van der Waals surface area contributed by atoms with Gasteiger partial charge in [-0.1, -0.05) is 30.3 Å². The SMILES string of the molecule is CN(C)c1ccc(/C=C2\S/C(=N/c3ncnc4c3cnn4-c3ccccc3)NC2=O)cc1. The van der Waals surface area contributed by atoms with Crippen molar-refractivity contribution >= 4 is 51.5 Å².